The number of carbonyl (C=O) groups is 2. The number of pyridine rings is 1. The Morgan fingerprint density at radius 3 is 2.50 bits per heavy atom. The van der Waals surface area contributed by atoms with Crippen LogP contribution in [0, 0.1) is 0 Å². The van der Waals surface area contributed by atoms with Crippen molar-refractivity contribution in [1.29, 1.82) is 0 Å². The van der Waals surface area contributed by atoms with Gasteiger partial charge in [-0.2, -0.15) is 0 Å². The van der Waals surface area contributed by atoms with Gasteiger partial charge in [0.25, 0.3) is 5.91 Å². The van der Waals surface area contributed by atoms with Crippen molar-refractivity contribution in [3.63, 3.8) is 0 Å². The Bertz CT molecular complexity index is 712. The Labute approximate surface area is 139 Å². The minimum Gasteiger partial charge on any atom is -0.481 e. The molecule has 1 saturated carbocycles. The molecule has 1 N–H and O–H groups in total. The smallest absolute Gasteiger partial charge is 0.340 e. The van der Waals surface area contributed by atoms with Gasteiger partial charge >= 0.3 is 5.97 Å². The van der Waals surface area contributed by atoms with Gasteiger partial charge in [0.15, 0.2) is 0 Å². The fourth-order valence-corrected chi connectivity index (χ4v) is 2.20. The molecule has 3 rings (SSSR count). The Hall–Kier alpha value is -2.89. The molecule has 1 heterocycles. The molecule has 0 spiro atoms. The number of hydrogen-bond acceptors (Lipinski definition) is 5. The summed E-state index contributed by atoms with van der Waals surface area (Å²) in [5, 5.41) is 2.88. The van der Waals surface area contributed by atoms with Crippen LogP contribution in [0.5, 0.6) is 5.88 Å². The predicted molar refractivity (Wildman–Crippen MR) is 86.6 cm³/mol. The molecule has 0 radical (unpaired) electrons. The number of esters is 1. The highest BCUT2D eigenvalue weighted by atomic mass is 16.5. The molecule has 0 aliphatic heterocycles. The van der Waals surface area contributed by atoms with E-state index in [-0.39, 0.29) is 17.5 Å². The van der Waals surface area contributed by atoms with Crippen molar-refractivity contribution in [2.75, 3.05) is 7.11 Å². The molecule has 1 unspecified atom stereocenters. The molecular weight excluding hydrogens is 308 g/mol. The Kier molecular flexibility index (Phi) is 4.74. The van der Waals surface area contributed by atoms with Gasteiger partial charge in [0.2, 0.25) is 12.0 Å². The van der Waals surface area contributed by atoms with E-state index in [9.17, 15) is 9.59 Å². The van der Waals surface area contributed by atoms with Gasteiger partial charge in [-0.3, -0.25) is 4.79 Å². The summed E-state index contributed by atoms with van der Waals surface area (Å²) in [4.78, 5) is 28.8. The van der Waals surface area contributed by atoms with Crippen molar-refractivity contribution in [2.45, 2.75) is 25.0 Å². The molecule has 1 aliphatic carbocycles. The van der Waals surface area contributed by atoms with Gasteiger partial charge < -0.3 is 14.8 Å². The van der Waals surface area contributed by atoms with E-state index in [1.807, 2.05) is 6.07 Å². The summed E-state index contributed by atoms with van der Waals surface area (Å²) in [6, 6.07) is 12.3. The number of amides is 1. The molecule has 1 amide bonds. The van der Waals surface area contributed by atoms with Gasteiger partial charge in [-0.25, -0.2) is 9.78 Å². The van der Waals surface area contributed by atoms with Gasteiger partial charge in [-0.05, 0) is 18.9 Å². The zero-order valence-electron chi connectivity index (χ0n) is 13.3. The molecule has 1 atom stereocenters. The Morgan fingerprint density at radius 2 is 1.92 bits per heavy atom. The monoisotopic (exact) mass is 326 g/mol. The number of ether oxygens (including phenoxy) is 2. The van der Waals surface area contributed by atoms with Crippen molar-refractivity contribution in [3.8, 4) is 5.88 Å². The summed E-state index contributed by atoms with van der Waals surface area (Å²) in [5.41, 5.74) is 0.890. The molecule has 0 bridgehead atoms. The third kappa shape index (κ3) is 3.90. The molecular formula is C18H18N2O4. The lowest BCUT2D eigenvalue weighted by Gasteiger charge is -2.18. The number of carbonyl (C=O) groups excluding carboxylic acids is 2. The van der Waals surface area contributed by atoms with Crippen molar-refractivity contribution in [1.82, 2.24) is 10.3 Å². The normalized spacial score (nSPS) is 14.5. The minimum atomic E-state index is -0.985. The molecule has 124 valence electrons. The van der Waals surface area contributed by atoms with Crippen molar-refractivity contribution >= 4 is 11.9 Å². The first kappa shape index (κ1) is 16.0. The van der Waals surface area contributed by atoms with Gasteiger partial charge in [0.1, 0.15) is 0 Å². The average molecular weight is 326 g/mol. The maximum Gasteiger partial charge on any atom is 0.340 e. The predicted octanol–water partition coefficient (Wildman–Crippen LogP) is 2.27. The zero-order chi connectivity index (χ0) is 16.9. The van der Waals surface area contributed by atoms with E-state index in [0.717, 1.165) is 12.8 Å². The largest absolute Gasteiger partial charge is 0.481 e. The van der Waals surface area contributed by atoms with E-state index in [1.54, 1.807) is 36.4 Å². The molecule has 1 aromatic carbocycles. The quantitative estimate of drug-likeness (QED) is 0.824. The number of aromatic nitrogens is 1. The maximum atomic E-state index is 12.4. The van der Waals surface area contributed by atoms with Crippen LogP contribution in [0.15, 0.2) is 48.7 Å². The van der Waals surface area contributed by atoms with E-state index in [4.69, 9.17) is 9.47 Å². The number of nitrogens with zero attached hydrogens (tertiary/aromatic N) is 1. The molecule has 1 aliphatic rings. The van der Waals surface area contributed by atoms with Crippen LogP contribution in [0.25, 0.3) is 0 Å². The second-order valence-electron chi connectivity index (χ2n) is 5.57. The Morgan fingerprint density at radius 1 is 1.17 bits per heavy atom. The second kappa shape index (κ2) is 7.12. The van der Waals surface area contributed by atoms with Gasteiger partial charge in [-0.1, -0.05) is 30.3 Å². The van der Waals surface area contributed by atoms with Crippen LogP contribution in [0.4, 0.5) is 0 Å². The minimum absolute atomic E-state index is 0.185. The summed E-state index contributed by atoms with van der Waals surface area (Å²) in [7, 11) is 1.49. The third-order valence-electron chi connectivity index (χ3n) is 3.67. The number of benzene rings is 1. The first-order chi connectivity index (χ1) is 11.7. The highest BCUT2D eigenvalue weighted by Gasteiger charge is 2.31. The van der Waals surface area contributed by atoms with Crippen molar-refractivity contribution < 1.29 is 19.1 Å². The highest BCUT2D eigenvalue weighted by Crippen LogP contribution is 2.24. The van der Waals surface area contributed by atoms with Gasteiger partial charge in [0, 0.05) is 23.9 Å². The number of rotatable bonds is 6. The number of nitrogens with one attached hydrogen (secondary N) is 1. The van der Waals surface area contributed by atoms with Crippen molar-refractivity contribution in [3.05, 3.63) is 59.8 Å². The number of methoxy groups -OCH3 is 1. The van der Waals surface area contributed by atoms with E-state index in [1.165, 1.54) is 13.3 Å². The molecule has 1 fully saturated rings. The van der Waals surface area contributed by atoms with Crippen LogP contribution in [-0.2, 0) is 9.53 Å². The first-order valence-electron chi connectivity index (χ1n) is 7.73. The molecule has 1 aromatic heterocycles. The summed E-state index contributed by atoms with van der Waals surface area (Å²) in [6.07, 6.45) is 2.30. The molecule has 6 heteroatoms. The highest BCUT2D eigenvalue weighted by molar-refractivity contribution is 5.92. The zero-order valence-corrected chi connectivity index (χ0v) is 13.3. The standard InChI is InChI=1S/C18H18N2O4/c1-23-15-10-7-13(11-19-15)18(22)24-16(12-5-3-2-4-6-12)17(21)20-14-8-9-14/h2-7,10-11,14,16H,8-9H2,1H3,(H,20,21). The lowest BCUT2D eigenvalue weighted by molar-refractivity contribution is -0.130. The second-order valence-corrected chi connectivity index (χ2v) is 5.57. The summed E-state index contributed by atoms with van der Waals surface area (Å²) in [5.74, 6) is -0.513. The number of hydrogen-bond donors (Lipinski definition) is 1. The van der Waals surface area contributed by atoms with Crippen LogP contribution >= 0.6 is 0 Å². The third-order valence-corrected chi connectivity index (χ3v) is 3.67. The van der Waals surface area contributed by atoms with Crippen LogP contribution in [-0.4, -0.2) is 30.0 Å². The van der Waals surface area contributed by atoms with Crippen LogP contribution < -0.4 is 10.1 Å². The summed E-state index contributed by atoms with van der Waals surface area (Å²) >= 11 is 0. The first-order valence-corrected chi connectivity index (χ1v) is 7.73. The van der Waals surface area contributed by atoms with Gasteiger partial charge in [-0.15, -0.1) is 0 Å². The Balaban J connectivity index is 1.77. The van der Waals surface area contributed by atoms with Crippen molar-refractivity contribution in [2.24, 2.45) is 0 Å². The van der Waals surface area contributed by atoms with Gasteiger partial charge in [0.05, 0.1) is 12.7 Å². The maximum absolute atomic E-state index is 12.4. The summed E-state index contributed by atoms with van der Waals surface area (Å²) in [6.45, 7) is 0. The fraction of sp³-hybridized carbons (Fsp3) is 0.278. The van der Waals surface area contributed by atoms with E-state index >= 15 is 0 Å². The van der Waals surface area contributed by atoms with E-state index < -0.39 is 12.1 Å². The fourth-order valence-electron chi connectivity index (χ4n) is 2.20. The van der Waals surface area contributed by atoms with Crippen LogP contribution in [0.3, 0.4) is 0 Å². The lowest BCUT2D eigenvalue weighted by Crippen LogP contribution is -2.33. The SMILES string of the molecule is COc1ccc(C(=O)OC(C(=O)NC2CC2)c2ccccc2)cn1. The lowest BCUT2D eigenvalue weighted by atomic mass is 10.1. The molecule has 0 saturated heterocycles. The molecule has 2 aromatic rings. The van der Waals surface area contributed by atoms with E-state index in [2.05, 4.69) is 10.3 Å². The van der Waals surface area contributed by atoms with Crippen LogP contribution in [0.1, 0.15) is 34.9 Å². The molecule has 6 nitrogen and oxygen atoms in total. The van der Waals surface area contributed by atoms with Crippen LogP contribution in [0.2, 0.25) is 0 Å². The molecule has 24 heavy (non-hydrogen) atoms. The average Bonchev–Trinajstić information content (AvgIpc) is 3.44. The van der Waals surface area contributed by atoms with E-state index in [0.29, 0.717) is 11.4 Å². The summed E-state index contributed by atoms with van der Waals surface area (Å²) < 4.78 is 10.4. The topological polar surface area (TPSA) is 77.5 Å².